The van der Waals surface area contributed by atoms with Gasteiger partial charge in [-0.2, -0.15) is 0 Å². The summed E-state index contributed by atoms with van der Waals surface area (Å²) in [5.74, 6) is 1.55. The lowest BCUT2D eigenvalue weighted by Gasteiger charge is -2.49. The van der Waals surface area contributed by atoms with Crippen molar-refractivity contribution in [3.63, 3.8) is 0 Å². The first-order valence-electron chi connectivity index (χ1n) is 11.8. The van der Waals surface area contributed by atoms with Gasteiger partial charge in [0, 0.05) is 70.0 Å². The Hall–Kier alpha value is -2.91. The molecule has 9 heteroatoms. The van der Waals surface area contributed by atoms with Crippen molar-refractivity contribution >= 4 is 17.5 Å². The van der Waals surface area contributed by atoms with E-state index < -0.39 is 0 Å². The van der Waals surface area contributed by atoms with Gasteiger partial charge in [0.1, 0.15) is 5.75 Å². The molecule has 1 aromatic heterocycles. The highest BCUT2D eigenvalue weighted by molar-refractivity contribution is 5.82. The van der Waals surface area contributed by atoms with E-state index in [9.17, 15) is 4.79 Å². The Morgan fingerprint density at radius 1 is 1.18 bits per heavy atom. The fourth-order valence-corrected chi connectivity index (χ4v) is 5.13. The van der Waals surface area contributed by atoms with E-state index >= 15 is 0 Å². The fraction of sp³-hybridized carbons (Fsp3) is 0.542. The summed E-state index contributed by atoms with van der Waals surface area (Å²) in [5, 5.41) is 3.22. The zero-order chi connectivity index (χ0) is 22.6. The summed E-state index contributed by atoms with van der Waals surface area (Å²) in [6.07, 6.45) is 4.25. The number of morpholine rings is 1. The van der Waals surface area contributed by atoms with E-state index in [0.717, 1.165) is 57.6 Å². The van der Waals surface area contributed by atoms with Crippen LogP contribution in [0.25, 0.3) is 0 Å². The highest BCUT2D eigenvalue weighted by Crippen LogP contribution is 2.38. The van der Waals surface area contributed by atoms with Crippen molar-refractivity contribution in [3.05, 3.63) is 42.2 Å². The normalized spacial score (nSPS) is 22.9. The summed E-state index contributed by atoms with van der Waals surface area (Å²) < 4.78 is 10.9. The lowest BCUT2D eigenvalue weighted by Crippen LogP contribution is -2.61. The second kappa shape index (κ2) is 9.93. The van der Waals surface area contributed by atoms with Crippen LogP contribution in [0.2, 0.25) is 0 Å². The number of hydrogen-bond donors (Lipinski definition) is 1. The maximum absolute atomic E-state index is 13.4. The highest BCUT2D eigenvalue weighted by Gasteiger charge is 2.42. The van der Waals surface area contributed by atoms with Gasteiger partial charge in [-0.05, 0) is 24.1 Å². The molecule has 2 fully saturated rings. The first-order valence-corrected chi connectivity index (χ1v) is 11.8. The molecule has 176 valence electrons. The number of methoxy groups -OCH3 is 1. The zero-order valence-electron chi connectivity index (χ0n) is 19.2. The Kier molecular flexibility index (Phi) is 6.59. The van der Waals surface area contributed by atoms with E-state index in [1.54, 1.807) is 19.5 Å². The number of carbonyl (C=O) groups excluding carboxylic acids is 1. The SMILES string of the molecule is COc1ccc2c(c1)N1CCN(c3ncccn3)C[C@H]1[C@H](C(=O)NCCN1CCOCC1)C2. The van der Waals surface area contributed by atoms with Gasteiger partial charge in [0.25, 0.3) is 0 Å². The summed E-state index contributed by atoms with van der Waals surface area (Å²) in [7, 11) is 1.69. The predicted octanol–water partition coefficient (Wildman–Crippen LogP) is 0.801. The molecule has 4 heterocycles. The molecule has 0 spiro atoms. The molecule has 0 saturated carbocycles. The monoisotopic (exact) mass is 452 g/mol. The Labute approximate surface area is 194 Å². The van der Waals surface area contributed by atoms with Gasteiger partial charge < -0.3 is 24.6 Å². The number of benzene rings is 1. The minimum Gasteiger partial charge on any atom is -0.497 e. The summed E-state index contributed by atoms with van der Waals surface area (Å²) in [5.41, 5.74) is 2.37. The number of nitrogens with one attached hydrogen (secondary N) is 1. The molecule has 9 nitrogen and oxygen atoms in total. The highest BCUT2D eigenvalue weighted by atomic mass is 16.5. The van der Waals surface area contributed by atoms with Gasteiger partial charge in [-0.15, -0.1) is 0 Å². The molecule has 3 aliphatic heterocycles. The van der Waals surface area contributed by atoms with E-state index in [1.165, 1.54) is 11.3 Å². The number of nitrogens with zero attached hydrogens (tertiary/aromatic N) is 5. The summed E-state index contributed by atoms with van der Waals surface area (Å²) >= 11 is 0. The molecule has 0 bridgehead atoms. The number of carbonyl (C=O) groups is 1. The largest absolute Gasteiger partial charge is 0.497 e. The smallest absolute Gasteiger partial charge is 0.225 e. The minimum atomic E-state index is -0.137. The van der Waals surface area contributed by atoms with Crippen LogP contribution in [0.4, 0.5) is 11.6 Å². The van der Waals surface area contributed by atoms with Crippen LogP contribution < -0.4 is 19.9 Å². The number of rotatable bonds is 6. The van der Waals surface area contributed by atoms with Crippen molar-refractivity contribution < 1.29 is 14.3 Å². The molecular formula is C24H32N6O3. The summed E-state index contributed by atoms with van der Waals surface area (Å²) in [6.45, 7) is 7.23. The minimum absolute atomic E-state index is 0.0468. The van der Waals surface area contributed by atoms with Gasteiger partial charge in [0.2, 0.25) is 11.9 Å². The van der Waals surface area contributed by atoms with Gasteiger partial charge in [-0.3, -0.25) is 9.69 Å². The Morgan fingerprint density at radius 3 is 2.79 bits per heavy atom. The van der Waals surface area contributed by atoms with Gasteiger partial charge in [-0.1, -0.05) is 6.07 Å². The third-order valence-electron chi connectivity index (χ3n) is 6.93. The number of fused-ring (bicyclic) bond motifs is 3. The number of anilines is 2. The lowest BCUT2D eigenvalue weighted by molar-refractivity contribution is -0.125. The molecule has 0 aliphatic carbocycles. The van der Waals surface area contributed by atoms with Crippen LogP contribution in [-0.2, 0) is 16.0 Å². The van der Waals surface area contributed by atoms with Crippen molar-refractivity contribution in [1.29, 1.82) is 0 Å². The molecule has 33 heavy (non-hydrogen) atoms. The topological polar surface area (TPSA) is 83.1 Å². The maximum atomic E-state index is 13.4. The molecule has 3 aliphatic rings. The number of aromatic nitrogens is 2. The molecule has 2 aromatic rings. The fourth-order valence-electron chi connectivity index (χ4n) is 5.13. The Bertz CT molecular complexity index is 952. The van der Waals surface area contributed by atoms with Crippen LogP contribution in [-0.4, -0.2) is 93.0 Å². The zero-order valence-corrected chi connectivity index (χ0v) is 19.2. The van der Waals surface area contributed by atoms with Crippen molar-refractivity contribution in [2.24, 2.45) is 5.92 Å². The lowest BCUT2D eigenvalue weighted by atomic mass is 9.83. The molecule has 0 unspecified atom stereocenters. The van der Waals surface area contributed by atoms with Crippen molar-refractivity contribution in [1.82, 2.24) is 20.2 Å². The number of piperazine rings is 1. The third kappa shape index (κ3) is 4.74. The van der Waals surface area contributed by atoms with Crippen LogP contribution in [0.1, 0.15) is 5.56 Å². The molecular weight excluding hydrogens is 420 g/mol. The standard InChI is InChI=1S/C24H32N6O3/c1-32-19-4-3-18-15-20(23(31)25-7-8-28-11-13-33-14-12-28)22-17-29(24-26-5-2-6-27-24)9-10-30(22)21(18)16-19/h2-6,16,20,22H,7-15,17H2,1H3,(H,25,31)/t20-,22+/m1/s1. The number of hydrogen-bond acceptors (Lipinski definition) is 8. The predicted molar refractivity (Wildman–Crippen MR) is 126 cm³/mol. The molecule has 0 radical (unpaired) electrons. The summed E-state index contributed by atoms with van der Waals surface area (Å²) in [4.78, 5) is 29.2. The molecule has 1 amide bonds. The Morgan fingerprint density at radius 2 is 2.00 bits per heavy atom. The molecule has 1 aromatic carbocycles. The van der Waals surface area contributed by atoms with E-state index in [1.807, 2.05) is 12.1 Å². The average molecular weight is 453 g/mol. The molecule has 5 rings (SSSR count). The van der Waals surface area contributed by atoms with Crippen LogP contribution in [0.15, 0.2) is 36.7 Å². The van der Waals surface area contributed by atoms with E-state index in [2.05, 4.69) is 42.1 Å². The number of ether oxygens (including phenoxy) is 2. The van der Waals surface area contributed by atoms with Crippen LogP contribution in [0.3, 0.4) is 0 Å². The van der Waals surface area contributed by atoms with Gasteiger partial charge in [0.05, 0.1) is 32.3 Å². The van der Waals surface area contributed by atoms with Crippen molar-refractivity contribution in [2.45, 2.75) is 12.5 Å². The third-order valence-corrected chi connectivity index (χ3v) is 6.93. The first kappa shape index (κ1) is 21.9. The summed E-state index contributed by atoms with van der Waals surface area (Å²) in [6, 6.07) is 8.06. The van der Waals surface area contributed by atoms with Gasteiger partial charge in [0.15, 0.2) is 0 Å². The van der Waals surface area contributed by atoms with Crippen LogP contribution >= 0.6 is 0 Å². The van der Waals surface area contributed by atoms with Crippen molar-refractivity contribution in [2.75, 3.05) is 75.9 Å². The van der Waals surface area contributed by atoms with E-state index in [0.29, 0.717) is 19.5 Å². The van der Waals surface area contributed by atoms with Gasteiger partial charge in [-0.25, -0.2) is 9.97 Å². The molecule has 2 saturated heterocycles. The van der Waals surface area contributed by atoms with Crippen LogP contribution in [0, 0.1) is 5.92 Å². The number of amides is 1. The second-order valence-corrected chi connectivity index (χ2v) is 8.81. The van der Waals surface area contributed by atoms with E-state index in [-0.39, 0.29) is 17.9 Å². The average Bonchev–Trinajstić information content (AvgIpc) is 2.88. The second-order valence-electron chi connectivity index (χ2n) is 8.81. The van der Waals surface area contributed by atoms with E-state index in [4.69, 9.17) is 9.47 Å². The quantitative estimate of drug-likeness (QED) is 0.689. The maximum Gasteiger partial charge on any atom is 0.225 e. The van der Waals surface area contributed by atoms with Crippen molar-refractivity contribution in [3.8, 4) is 5.75 Å². The van der Waals surface area contributed by atoms with Crippen LogP contribution in [0.5, 0.6) is 5.75 Å². The van der Waals surface area contributed by atoms with Gasteiger partial charge >= 0.3 is 0 Å². The molecule has 1 N–H and O–H groups in total. The Balaban J connectivity index is 1.34. The first-order chi connectivity index (χ1) is 16.2. The molecule has 2 atom stereocenters.